The van der Waals surface area contributed by atoms with Crippen molar-refractivity contribution >= 4 is 11.7 Å². The number of hydrogen-bond acceptors (Lipinski definition) is 8. The Hall–Kier alpha value is -4.36. The Balaban J connectivity index is 1.63. The van der Waals surface area contributed by atoms with E-state index >= 15 is 0 Å². The molecule has 0 unspecified atom stereocenters. The first-order valence-electron chi connectivity index (χ1n) is 9.86. The third-order valence-corrected chi connectivity index (χ3v) is 4.85. The predicted molar refractivity (Wildman–Crippen MR) is 112 cm³/mol. The van der Waals surface area contributed by atoms with Gasteiger partial charge in [0.25, 0.3) is 5.91 Å². The number of carbonyl (C=O) groups excluding carboxylic acids is 1. The van der Waals surface area contributed by atoms with E-state index in [1.54, 1.807) is 0 Å². The number of hydrogen-bond donors (Lipinski definition) is 1. The van der Waals surface area contributed by atoms with Crippen molar-refractivity contribution in [3.63, 3.8) is 0 Å². The Bertz CT molecular complexity index is 1320. The number of aromatic nitrogens is 8. The highest BCUT2D eigenvalue weighted by atomic mass is 19.4. The molecule has 0 aliphatic heterocycles. The fourth-order valence-electron chi connectivity index (χ4n) is 3.16. The molecule has 1 amide bonds. The van der Waals surface area contributed by atoms with E-state index in [-0.39, 0.29) is 34.6 Å². The van der Waals surface area contributed by atoms with Crippen LogP contribution in [0.4, 0.5) is 19.0 Å². The summed E-state index contributed by atoms with van der Waals surface area (Å²) in [7, 11) is 1.36. The standard InChI is InChI=1S/C20H18F3N9O2/c1-11(20(21,22)23)32-12(2)28-29-17(32)14-5-4-6-15(26-14)27-18(33)13-10-31(30-19(13)34-3)16-9-24-7-8-25-16/h4-11H,1-3H3,(H,26,27,33)/t11-/m0/s1. The van der Waals surface area contributed by atoms with E-state index in [0.29, 0.717) is 5.82 Å². The van der Waals surface area contributed by atoms with Gasteiger partial charge in [-0.05, 0) is 26.0 Å². The quantitative estimate of drug-likeness (QED) is 0.453. The number of ether oxygens (including phenoxy) is 1. The molecule has 14 heteroatoms. The molecule has 1 N–H and O–H groups in total. The summed E-state index contributed by atoms with van der Waals surface area (Å²) in [5.74, 6) is -0.104. The summed E-state index contributed by atoms with van der Waals surface area (Å²) >= 11 is 0. The van der Waals surface area contributed by atoms with Gasteiger partial charge in [-0.3, -0.25) is 14.3 Å². The highest BCUT2D eigenvalue weighted by Gasteiger charge is 2.39. The molecule has 0 fully saturated rings. The van der Waals surface area contributed by atoms with Crippen LogP contribution in [0.15, 0.2) is 43.0 Å². The lowest BCUT2D eigenvalue weighted by molar-refractivity contribution is -0.163. The Labute approximate surface area is 190 Å². The van der Waals surface area contributed by atoms with Gasteiger partial charge in [-0.25, -0.2) is 14.6 Å². The van der Waals surface area contributed by atoms with Crippen molar-refractivity contribution in [2.24, 2.45) is 0 Å². The summed E-state index contributed by atoms with van der Waals surface area (Å²) in [6.07, 6.45) is 1.33. The molecule has 0 saturated carbocycles. The van der Waals surface area contributed by atoms with Crippen molar-refractivity contribution < 1.29 is 22.7 Å². The van der Waals surface area contributed by atoms with Gasteiger partial charge in [-0.1, -0.05) is 6.07 Å². The van der Waals surface area contributed by atoms with E-state index in [0.717, 1.165) is 11.5 Å². The summed E-state index contributed by atoms with van der Waals surface area (Å²) in [5, 5.41) is 14.4. The largest absolute Gasteiger partial charge is 0.479 e. The van der Waals surface area contributed by atoms with Crippen LogP contribution in [0.5, 0.6) is 5.88 Å². The SMILES string of the molecule is COc1nn(-c2cnccn2)cc1C(=O)Nc1cccc(-c2nnc(C)n2[C@@H](C)C(F)(F)F)n1. The number of pyridine rings is 1. The Morgan fingerprint density at radius 3 is 2.68 bits per heavy atom. The Morgan fingerprint density at radius 1 is 1.21 bits per heavy atom. The molecular weight excluding hydrogens is 455 g/mol. The Kier molecular flexibility index (Phi) is 5.96. The summed E-state index contributed by atoms with van der Waals surface area (Å²) in [4.78, 5) is 25.2. The van der Waals surface area contributed by atoms with Crippen LogP contribution in [0.25, 0.3) is 17.3 Å². The second-order valence-electron chi connectivity index (χ2n) is 7.08. The molecular formula is C20H18F3N9O2. The van der Waals surface area contributed by atoms with Crippen molar-refractivity contribution in [1.82, 2.24) is 39.5 Å². The first-order chi connectivity index (χ1) is 16.2. The molecule has 0 spiro atoms. The number of alkyl halides is 3. The minimum Gasteiger partial charge on any atom is -0.479 e. The molecule has 0 aliphatic carbocycles. The van der Waals surface area contributed by atoms with Gasteiger partial charge in [-0.15, -0.1) is 15.3 Å². The smallest absolute Gasteiger partial charge is 0.408 e. The first-order valence-corrected chi connectivity index (χ1v) is 9.86. The number of methoxy groups -OCH3 is 1. The van der Waals surface area contributed by atoms with Crippen LogP contribution in [0.1, 0.15) is 29.1 Å². The number of anilines is 1. The fourth-order valence-corrected chi connectivity index (χ4v) is 3.16. The summed E-state index contributed by atoms with van der Waals surface area (Å²) in [5.41, 5.74) is 0.196. The van der Waals surface area contributed by atoms with Crippen LogP contribution in [-0.4, -0.2) is 58.7 Å². The molecule has 0 bridgehead atoms. The number of carbonyl (C=O) groups is 1. The van der Waals surface area contributed by atoms with Gasteiger partial charge >= 0.3 is 6.18 Å². The van der Waals surface area contributed by atoms with Gasteiger partial charge in [0.1, 0.15) is 28.9 Å². The highest BCUT2D eigenvalue weighted by molar-refractivity contribution is 6.05. The average molecular weight is 473 g/mol. The topological polar surface area (TPSA) is 126 Å². The fraction of sp³-hybridized carbons (Fsp3) is 0.250. The van der Waals surface area contributed by atoms with Crippen LogP contribution in [-0.2, 0) is 0 Å². The first kappa shape index (κ1) is 22.8. The van der Waals surface area contributed by atoms with Crippen molar-refractivity contribution in [3.8, 4) is 23.2 Å². The molecule has 0 aliphatic rings. The second kappa shape index (κ2) is 8.88. The monoisotopic (exact) mass is 473 g/mol. The van der Waals surface area contributed by atoms with Gasteiger partial charge in [0, 0.05) is 18.6 Å². The minimum atomic E-state index is -4.51. The Morgan fingerprint density at radius 2 is 2.00 bits per heavy atom. The van der Waals surface area contributed by atoms with Gasteiger partial charge in [0.15, 0.2) is 11.6 Å². The van der Waals surface area contributed by atoms with Gasteiger partial charge in [0.2, 0.25) is 5.88 Å². The van der Waals surface area contributed by atoms with Crippen molar-refractivity contribution in [1.29, 1.82) is 0 Å². The number of rotatable bonds is 6. The molecule has 0 aromatic carbocycles. The van der Waals surface area contributed by atoms with Crippen LogP contribution in [0.2, 0.25) is 0 Å². The van der Waals surface area contributed by atoms with E-state index in [9.17, 15) is 18.0 Å². The zero-order valence-corrected chi connectivity index (χ0v) is 18.1. The van der Waals surface area contributed by atoms with E-state index in [2.05, 4.69) is 35.6 Å². The molecule has 0 saturated heterocycles. The third kappa shape index (κ3) is 4.42. The molecule has 4 heterocycles. The van der Waals surface area contributed by atoms with E-state index in [1.165, 1.54) is 61.7 Å². The van der Waals surface area contributed by atoms with Gasteiger partial charge in [-0.2, -0.15) is 13.2 Å². The molecule has 34 heavy (non-hydrogen) atoms. The number of nitrogens with one attached hydrogen (secondary N) is 1. The van der Waals surface area contributed by atoms with Crippen molar-refractivity contribution in [2.75, 3.05) is 12.4 Å². The number of halogens is 3. The second-order valence-corrected chi connectivity index (χ2v) is 7.08. The summed E-state index contributed by atoms with van der Waals surface area (Å²) < 4.78 is 47.5. The van der Waals surface area contributed by atoms with E-state index in [1.807, 2.05) is 0 Å². The van der Waals surface area contributed by atoms with Crippen LogP contribution < -0.4 is 10.1 Å². The van der Waals surface area contributed by atoms with Crippen molar-refractivity contribution in [2.45, 2.75) is 26.1 Å². The molecule has 0 radical (unpaired) electrons. The average Bonchev–Trinajstić information content (AvgIpc) is 3.42. The molecule has 4 rings (SSSR count). The van der Waals surface area contributed by atoms with Gasteiger partial charge in [0.05, 0.1) is 13.3 Å². The lowest BCUT2D eigenvalue weighted by Crippen LogP contribution is -2.25. The summed E-state index contributed by atoms with van der Waals surface area (Å²) in [6, 6.07) is 2.63. The molecule has 4 aromatic rings. The molecule has 11 nitrogen and oxygen atoms in total. The van der Waals surface area contributed by atoms with Crippen molar-refractivity contribution in [3.05, 3.63) is 54.4 Å². The van der Waals surface area contributed by atoms with Crippen LogP contribution >= 0.6 is 0 Å². The normalized spacial score (nSPS) is 12.4. The van der Waals surface area contributed by atoms with Crippen LogP contribution in [0, 0.1) is 6.92 Å². The maximum atomic E-state index is 13.3. The van der Waals surface area contributed by atoms with Gasteiger partial charge < -0.3 is 10.1 Å². The van der Waals surface area contributed by atoms with E-state index < -0.39 is 18.1 Å². The lowest BCUT2D eigenvalue weighted by Gasteiger charge is -2.19. The minimum absolute atomic E-state index is 0.0358. The zero-order chi connectivity index (χ0) is 24.5. The number of aryl methyl sites for hydroxylation is 1. The third-order valence-electron chi connectivity index (χ3n) is 4.85. The van der Waals surface area contributed by atoms with E-state index in [4.69, 9.17) is 4.74 Å². The molecule has 1 atom stereocenters. The zero-order valence-electron chi connectivity index (χ0n) is 18.1. The molecule has 176 valence electrons. The summed E-state index contributed by atoms with van der Waals surface area (Å²) in [6.45, 7) is 2.43. The van der Waals surface area contributed by atoms with Crippen LogP contribution in [0.3, 0.4) is 0 Å². The number of amides is 1. The molecule has 4 aromatic heterocycles. The number of nitrogens with zero attached hydrogens (tertiary/aromatic N) is 8. The maximum Gasteiger partial charge on any atom is 0.408 e. The predicted octanol–water partition coefficient (Wildman–Crippen LogP) is 3.01. The maximum absolute atomic E-state index is 13.3. The lowest BCUT2D eigenvalue weighted by atomic mass is 10.2. The highest BCUT2D eigenvalue weighted by Crippen LogP contribution is 2.33.